The standard InChI is InChI=1S/C49H31N3O/c1-2-10-32(11-3-1)39-14-8-15-41(31-39)49-51-47(36-25-20-34(21-26-36)40-29-22-33-12-4-5-13-38(33)30-40)50-48(52-49)37-27-23-35(24-28-37)42-17-9-18-44-43-16-6-7-19-45(43)53-46(42)44/h1-31H. The smallest absolute Gasteiger partial charge is 0.164 e. The van der Waals surface area contributed by atoms with Gasteiger partial charge in [0, 0.05) is 33.0 Å². The van der Waals surface area contributed by atoms with Gasteiger partial charge in [0.1, 0.15) is 11.2 Å². The zero-order valence-electron chi connectivity index (χ0n) is 28.6. The second-order valence-electron chi connectivity index (χ2n) is 13.3. The minimum Gasteiger partial charge on any atom is -0.455 e. The molecule has 2 heterocycles. The predicted octanol–water partition coefficient (Wildman–Crippen LogP) is 12.9. The first-order valence-electron chi connectivity index (χ1n) is 17.8. The van der Waals surface area contributed by atoms with Crippen LogP contribution >= 0.6 is 0 Å². The fourth-order valence-electron chi connectivity index (χ4n) is 7.19. The summed E-state index contributed by atoms with van der Waals surface area (Å²) in [6.07, 6.45) is 0. The maximum absolute atomic E-state index is 6.35. The highest BCUT2D eigenvalue weighted by Crippen LogP contribution is 2.37. The lowest BCUT2D eigenvalue weighted by molar-refractivity contribution is 0.670. The SMILES string of the molecule is c1ccc(-c2cccc(-c3nc(-c4ccc(-c5ccc6ccccc6c5)cc4)nc(-c4ccc(-c5cccc6c5oc5ccccc56)cc4)n3)c2)cc1. The number of para-hydroxylation sites is 2. The molecule has 0 aliphatic rings. The van der Waals surface area contributed by atoms with Crippen LogP contribution in [0.5, 0.6) is 0 Å². The third-order valence-corrected chi connectivity index (χ3v) is 9.95. The van der Waals surface area contributed by atoms with Crippen LogP contribution in [0.1, 0.15) is 0 Å². The van der Waals surface area contributed by atoms with Crippen molar-refractivity contribution in [2.45, 2.75) is 0 Å². The number of fused-ring (bicyclic) bond motifs is 4. The second kappa shape index (κ2) is 12.9. The summed E-state index contributed by atoms with van der Waals surface area (Å²) in [6.45, 7) is 0. The van der Waals surface area contributed by atoms with Crippen LogP contribution in [-0.4, -0.2) is 15.0 Å². The van der Waals surface area contributed by atoms with E-state index in [4.69, 9.17) is 19.4 Å². The lowest BCUT2D eigenvalue weighted by Gasteiger charge is -2.11. The third kappa shape index (κ3) is 5.73. The van der Waals surface area contributed by atoms with Crippen molar-refractivity contribution in [2.75, 3.05) is 0 Å². The zero-order valence-corrected chi connectivity index (χ0v) is 28.6. The summed E-state index contributed by atoms with van der Waals surface area (Å²) >= 11 is 0. The van der Waals surface area contributed by atoms with E-state index >= 15 is 0 Å². The van der Waals surface area contributed by atoms with Crippen LogP contribution in [0.3, 0.4) is 0 Å². The Labute approximate surface area is 306 Å². The lowest BCUT2D eigenvalue weighted by atomic mass is 10.00. The fraction of sp³-hybridized carbons (Fsp3) is 0. The largest absolute Gasteiger partial charge is 0.455 e. The van der Waals surface area contributed by atoms with E-state index in [1.807, 2.05) is 24.3 Å². The van der Waals surface area contributed by atoms with Gasteiger partial charge >= 0.3 is 0 Å². The van der Waals surface area contributed by atoms with Crippen molar-refractivity contribution in [1.29, 1.82) is 0 Å². The first kappa shape index (κ1) is 30.6. The van der Waals surface area contributed by atoms with E-state index in [1.54, 1.807) is 0 Å². The van der Waals surface area contributed by atoms with Crippen LogP contribution in [0.15, 0.2) is 192 Å². The Bertz CT molecular complexity index is 2930. The molecule has 4 nitrogen and oxygen atoms in total. The molecule has 0 aliphatic heterocycles. The number of hydrogen-bond donors (Lipinski definition) is 0. The normalized spacial score (nSPS) is 11.4. The van der Waals surface area contributed by atoms with Crippen LogP contribution in [0.4, 0.5) is 0 Å². The molecule has 0 bridgehead atoms. The molecule has 248 valence electrons. The second-order valence-corrected chi connectivity index (χ2v) is 13.3. The van der Waals surface area contributed by atoms with Gasteiger partial charge in [-0.1, -0.05) is 170 Å². The molecule has 0 fully saturated rings. The molecule has 8 aromatic carbocycles. The summed E-state index contributed by atoms with van der Waals surface area (Å²) < 4.78 is 6.35. The summed E-state index contributed by atoms with van der Waals surface area (Å²) in [4.78, 5) is 15.2. The first-order valence-corrected chi connectivity index (χ1v) is 17.8. The molecule has 0 aliphatic carbocycles. The van der Waals surface area contributed by atoms with Crippen molar-refractivity contribution in [2.24, 2.45) is 0 Å². The van der Waals surface area contributed by atoms with Crippen molar-refractivity contribution < 1.29 is 4.42 Å². The number of aromatic nitrogens is 3. The number of furan rings is 1. The Kier molecular flexibility index (Phi) is 7.43. The van der Waals surface area contributed by atoms with E-state index in [2.05, 4.69) is 164 Å². The minimum atomic E-state index is 0.613. The molecule has 0 N–H and O–H groups in total. The molecule has 4 heteroatoms. The van der Waals surface area contributed by atoms with Crippen LogP contribution < -0.4 is 0 Å². The molecule has 2 aromatic heterocycles. The summed E-state index contributed by atoms with van der Waals surface area (Å²) in [5.74, 6) is 1.86. The van der Waals surface area contributed by atoms with Gasteiger partial charge in [-0.15, -0.1) is 0 Å². The number of rotatable bonds is 6. The highest BCUT2D eigenvalue weighted by Gasteiger charge is 2.16. The lowest BCUT2D eigenvalue weighted by Crippen LogP contribution is -2.00. The van der Waals surface area contributed by atoms with E-state index < -0.39 is 0 Å². The zero-order chi connectivity index (χ0) is 35.1. The van der Waals surface area contributed by atoms with Gasteiger partial charge in [-0.25, -0.2) is 15.0 Å². The minimum absolute atomic E-state index is 0.613. The Morgan fingerprint density at radius 1 is 0.302 bits per heavy atom. The van der Waals surface area contributed by atoms with Gasteiger partial charge in [0.2, 0.25) is 0 Å². The van der Waals surface area contributed by atoms with Crippen molar-refractivity contribution in [3.05, 3.63) is 188 Å². The van der Waals surface area contributed by atoms with Crippen molar-refractivity contribution >= 4 is 32.7 Å². The van der Waals surface area contributed by atoms with E-state index in [-0.39, 0.29) is 0 Å². The molecule has 10 rings (SSSR count). The number of nitrogens with zero attached hydrogens (tertiary/aromatic N) is 3. The van der Waals surface area contributed by atoms with Crippen molar-refractivity contribution in [1.82, 2.24) is 15.0 Å². The molecule has 0 saturated carbocycles. The molecule has 53 heavy (non-hydrogen) atoms. The monoisotopic (exact) mass is 677 g/mol. The van der Waals surface area contributed by atoms with Crippen LogP contribution in [-0.2, 0) is 0 Å². The molecule has 0 atom stereocenters. The van der Waals surface area contributed by atoms with Crippen molar-refractivity contribution in [3.8, 4) is 67.5 Å². The van der Waals surface area contributed by atoms with Gasteiger partial charge in [-0.05, 0) is 56.8 Å². The van der Waals surface area contributed by atoms with Gasteiger partial charge in [-0.3, -0.25) is 0 Å². The number of hydrogen-bond acceptors (Lipinski definition) is 4. The van der Waals surface area contributed by atoms with E-state index in [0.717, 1.165) is 66.4 Å². The van der Waals surface area contributed by atoms with Gasteiger partial charge in [-0.2, -0.15) is 0 Å². The fourth-order valence-corrected chi connectivity index (χ4v) is 7.19. The topological polar surface area (TPSA) is 51.8 Å². The highest BCUT2D eigenvalue weighted by molar-refractivity contribution is 6.09. The third-order valence-electron chi connectivity index (χ3n) is 9.95. The van der Waals surface area contributed by atoms with Gasteiger partial charge < -0.3 is 4.42 Å². The van der Waals surface area contributed by atoms with E-state index in [0.29, 0.717) is 17.5 Å². The maximum Gasteiger partial charge on any atom is 0.164 e. The van der Waals surface area contributed by atoms with Gasteiger partial charge in [0.05, 0.1) is 0 Å². The van der Waals surface area contributed by atoms with Crippen LogP contribution in [0, 0.1) is 0 Å². The quantitative estimate of drug-likeness (QED) is 0.176. The van der Waals surface area contributed by atoms with Gasteiger partial charge in [0.25, 0.3) is 0 Å². The molecular formula is C49H31N3O. The average molecular weight is 678 g/mol. The molecular weight excluding hydrogens is 647 g/mol. The Hall–Kier alpha value is -7.17. The molecule has 0 spiro atoms. The first-order chi connectivity index (χ1) is 26.2. The summed E-state index contributed by atoms with van der Waals surface area (Å²) in [6, 6.07) is 65.2. The molecule has 0 radical (unpaired) electrons. The molecule has 10 aromatic rings. The Balaban J connectivity index is 1.06. The highest BCUT2D eigenvalue weighted by atomic mass is 16.3. The Morgan fingerprint density at radius 3 is 1.58 bits per heavy atom. The van der Waals surface area contributed by atoms with E-state index in [1.165, 1.54) is 16.3 Å². The maximum atomic E-state index is 6.35. The summed E-state index contributed by atoms with van der Waals surface area (Å²) in [5.41, 5.74) is 11.2. The number of benzene rings is 8. The van der Waals surface area contributed by atoms with Crippen LogP contribution in [0.2, 0.25) is 0 Å². The summed E-state index contributed by atoms with van der Waals surface area (Å²) in [5, 5.41) is 4.68. The van der Waals surface area contributed by atoms with Crippen molar-refractivity contribution in [3.63, 3.8) is 0 Å². The predicted molar refractivity (Wildman–Crippen MR) is 217 cm³/mol. The van der Waals surface area contributed by atoms with E-state index in [9.17, 15) is 0 Å². The van der Waals surface area contributed by atoms with Crippen LogP contribution in [0.25, 0.3) is 100 Å². The Morgan fingerprint density at radius 2 is 0.811 bits per heavy atom. The van der Waals surface area contributed by atoms with Gasteiger partial charge in [0.15, 0.2) is 17.5 Å². The molecule has 0 unspecified atom stereocenters. The molecule has 0 amide bonds. The summed E-state index contributed by atoms with van der Waals surface area (Å²) in [7, 11) is 0. The average Bonchev–Trinajstić information content (AvgIpc) is 3.63. The molecule has 0 saturated heterocycles.